The number of amides is 1. The summed E-state index contributed by atoms with van der Waals surface area (Å²) >= 11 is 0. The van der Waals surface area contributed by atoms with Crippen molar-refractivity contribution < 1.29 is 14.4 Å². The Kier molecular flexibility index (Phi) is 5.27. The molecule has 4 rings (SSSR count). The number of likely N-dealkylation sites (tertiary alicyclic amines) is 1. The summed E-state index contributed by atoms with van der Waals surface area (Å²) in [5.41, 5.74) is 4.59. The summed E-state index contributed by atoms with van der Waals surface area (Å²) in [6, 6.07) is 9.90. The molecule has 0 spiro atoms. The van der Waals surface area contributed by atoms with E-state index in [0.29, 0.717) is 22.3 Å². The van der Waals surface area contributed by atoms with Crippen LogP contribution in [0, 0.1) is 5.82 Å². The zero-order chi connectivity index (χ0) is 19.5. The largest absolute Gasteiger partial charge is 0.299 e. The van der Waals surface area contributed by atoms with Crippen LogP contribution >= 0.6 is 0 Å². The van der Waals surface area contributed by atoms with Crippen LogP contribution in [-0.2, 0) is 6.54 Å². The molecule has 1 aromatic heterocycles. The highest BCUT2D eigenvalue weighted by atomic mass is 19.1. The van der Waals surface area contributed by atoms with Crippen molar-refractivity contribution >= 4 is 16.9 Å². The van der Waals surface area contributed by atoms with Crippen molar-refractivity contribution in [1.29, 1.82) is 0 Å². The van der Waals surface area contributed by atoms with Gasteiger partial charge in [0.1, 0.15) is 5.82 Å². The Balaban J connectivity index is 1.62. The molecule has 6 nitrogen and oxygen atoms in total. The zero-order valence-electron chi connectivity index (χ0n) is 15.4. The van der Waals surface area contributed by atoms with Gasteiger partial charge in [-0.1, -0.05) is 12.5 Å². The molecule has 2 heterocycles. The molecule has 7 heteroatoms. The lowest BCUT2D eigenvalue weighted by Crippen LogP contribution is -2.29. The zero-order valence-corrected chi connectivity index (χ0v) is 15.4. The van der Waals surface area contributed by atoms with Gasteiger partial charge in [0, 0.05) is 17.7 Å². The molecular weight excluding hydrogens is 359 g/mol. The monoisotopic (exact) mass is 380 g/mol. The normalized spacial score (nSPS) is 14.9. The van der Waals surface area contributed by atoms with Crippen molar-refractivity contribution in [2.75, 3.05) is 13.1 Å². The number of hydrogen-bond donors (Lipinski definition) is 2. The van der Waals surface area contributed by atoms with Crippen molar-refractivity contribution in [1.82, 2.24) is 20.3 Å². The minimum absolute atomic E-state index is 0.249. The summed E-state index contributed by atoms with van der Waals surface area (Å²) in [7, 11) is 0. The third-order valence-corrected chi connectivity index (χ3v) is 5.07. The quantitative estimate of drug-likeness (QED) is 0.535. The Bertz CT molecular complexity index is 1020. The second-order valence-corrected chi connectivity index (χ2v) is 7.05. The summed E-state index contributed by atoms with van der Waals surface area (Å²) in [4.78, 5) is 22.7. The Labute approximate surface area is 162 Å². The lowest BCUT2D eigenvalue weighted by molar-refractivity contribution is 0.0706. The second-order valence-electron chi connectivity index (χ2n) is 7.05. The first-order chi connectivity index (χ1) is 13.6. The van der Waals surface area contributed by atoms with Crippen LogP contribution in [0.15, 0.2) is 42.6 Å². The smallest absolute Gasteiger partial charge is 0.274 e. The van der Waals surface area contributed by atoms with Gasteiger partial charge in [0.15, 0.2) is 0 Å². The molecule has 144 valence electrons. The number of rotatable bonds is 4. The number of hydroxylamine groups is 1. The summed E-state index contributed by atoms with van der Waals surface area (Å²) in [5, 5.41) is 8.78. The molecule has 0 saturated carbocycles. The van der Waals surface area contributed by atoms with E-state index in [1.54, 1.807) is 23.7 Å². The first kappa shape index (κ1) is 18.5. The molecule has 1 saturated heterocycles. The van der Waals surface area contributed by atoms with Gasteiger partial charge in [-0.2, -0.15) is 0 Å². The van der Waals surface area contributed by atoms with E-state index in [1.807, 2.05) is 6.07 Å². The van der Waals surface area contributed by atoms with Gasteiger partial charge >= 0.3 is 0 Å². The number of carbonyl (C=O) groups excluding carboxylic acids is 1. The SMILES string of the molecule is O=C(NO)c1ccc2ncc(-c3ccc(CN4CCCCC4)cc3F)nc2c1. The van der Waals surface area contributed by atoms with Crippen LogP contribution < -0.4 is 5.48 Å². The lowest BCUT2D eigenvalue weighted by Gasteiger charge is -2.26. The second kappa shape index (κ2) is 8.00. The van der Waals surface area contributed by atoms with Crippen molar-refractivity contribution in [3.63, 3.8) is 0 Å². The Morgan fingerprint density at radius 1 is 1.11 bits per heavy atom. The number of nitrogens with zero attached hydrogens (tertiary/aromatic N) is 3. The van der Waals surface area contributed by atoms with Gasteiger partial charge in [-0.25, -0.2) is 14.9 Å². The number of aromatic nitrogens is 2. The predicted octanol–water partition coefficient (Wildman–Crippen LogP) is 3.54. The minimum Gasteiger partial charge on any atom is -0.299 e. The Morgan fingerprint density at radius 3 is 2.68 bits per heavy atom. The fraction of sp³-hybridized carbons (Fsp3) is 0.286. The number of piperidine rings is 1. The fourth-order valence-corrected chi connectivity index (χ4v) is 3.59. The molecule has 2 aromatic carbocycles. The number of nitrogens with one attached hydrogen (secondary N) is 1. The van der Waals surface area contributed by atoms with E-state index in [0.717, 1.165) is 25.2 Å². The molecule has 1 aliphatic rings. The first-order valence-corrected chi connectivity index (χ1v) is 9.36. The molecule has 0 unspecified atom stereocenters. The minimum atomic E-state index is -0.637. The molecule has 0 bridgehead atoms. The molecule has 1 amide bonds. The van der Waals surface area contributed by atoms with Crippen LogP contribution in [0.1, 0.15) is 35.2 Å². The third-order valence-electron chi connectivity index (χ3n) is 5.07. The summed E-state index contributed by atoms with van der Waals surface area (Å²) in [5.74, 6) is -0.977. The Morgan fingerprint density at radius 2 is 1.93 bits per heavy atom. The van der Waals surface area contributed by atoms with Crippen molar-refractivity contribution in [3.8, 4) is 11.3 Å². The highest BCUT2D eigenvalue weighted by Crippen LogP contribution is 2.24. The van der Waals surface area contributed by atoms with E-state index in [4.69, 9.17) is 5.21 Å². The van der Waals surface area contributed by atoms with Gasteiger partial charge in [-0.15, -0.1) is 0 Å². The summed E-state index contributed by atoms with van der Waals surface area (Å²) < 4.78 is 14.8. The van der Waals surface area contributed by atoms with Crippen LogP contribution in [0.4, 0.5) is 4.39 Å². The molecule has 0 atom stereocenters. The maximum absolute atomic E-state index is 14.8. The van der Waals surface area contributed by atoms with E-state index in [-0.39, 0.29) is 11.4 Å². The van der Waals surface area contributed by atoms with Gasteiger partial charge in [-0.3, -0.25) is 19.9 Å². The van der Waals surface area contributed by atoms with Crippen molar-refractivity contribution in [2.45, 2.75) is 25.8 Å². The summed E-state index contributed by atoms with van der Waals surface area (Å²) in [6.07, 6.45) is 5.19. The highest BCUT2D eigenvalue weighted by molar-refractivity contribution is 5.96. The van der Waals surface area contributed by atoms with Gasteiger partial charge in [-0.05, 0) is 61.8 Å². The topological polar surface area (TPSA) is 78.3 Å². The number of hydrogen-bond acceptors (Lipinski definition) is 5. The van der Waals surface area contributed by atoms with E-state index >= 15 is 0 Å². The van der Waals surface area contributed by atoms with Crippen molar-refractivity contribution in [3.05, 3.63) is 59.5 Å². The molecule has 3 aromatic rings. The maximum atomic E-state index is 14.8. The summed E-state index contributed by atoms with van der Waals surface area (Å²) in [6.45, 7) is 2.87. The maximum Gasteiger partial charge on any atom is 0.274 e. The lowest BCUT2D eigenvalue weighted by atomic mass is 10.1. The molecule has 2 N–H and O–H groups in total. The molecule has 0 radical (unpaired) electrons. The fourth-order valence-electron chi connectivity index (χ4n) is 3.59. The molecule has 28 heavy (non-hydrogen) atoms. The van der Waals surface area contributed by atoms with E-state index in [2.05, 4.69) is 14.9 Å². The van der Waals surface area contributed by atoms with E-state index in [9.17, 15) is 9.18 Å². The van der Waals surface area contributed by atoms with E-state index < -0.39 is 5.91 Å². The van der Waals surface area contributed by atoms with Crippen LogP contribution in [-0.4, -0.2) is 39.1 Å². The van der Waals surface area contributed by atoms with Crippen LogP contribution in [0.2, 0.25) is 0 Å². The van der Waals surface area contributed by atoms with Crippen molar-refractivity contribution in [2.24, 2.45) is 0 Å². The van der Waals surface area contributed by atoms with Crippen LogP contribution in [0.25, 0.3) is 22.3 Å². The predicted molar refractivity (Wildman–Crippen MR) is 103 cm³/mol. The average molecular weight is 380 g/mol. The number of benzene rings is 2. The average Bonchev–Trinajstić information content (AvgIpc) is 2.73. The molecular formula is C21H21FN4O2. The van der Waals surface area contributed by atoms with E-state index in [1.165, 1.54) is 37.6 Å². The van der Waals surface area contributed by atoms with Gasteiger partial charge in [0.05, 0.1) is 22.9 Å². The highest BCUT2D eigenvalue weighted by Gasteiger charge is 2.14. The molecule has 1 fully saturated rings. The number of halogens is 1. The van der Waals surface area contributed by atoms with Gasteiger partial charge in [0.2, 0.25) is 0 Å². The van der Waals surface area contributed by atoms with Gasteiger partial charge < -0.3 is 0 Å². The standard InChI is InChI=1S/C21H21FN4O2/c22-17-10-14(13-26-8-2-1-3-9-26)4-6-16(17)20-12-23-18-7-5-15(21(27)25-28)11-19(18)24-20/h4-7,10-12,28H,1-3,8-9,13H2,(H,25,27). The van der Waals surface area contributed by atoms with Gasteiger partial charge in [0.25, 0.3) is 5.91 Å². The molecule has 1 aliphatic heterocycles. The first-order valence-electron chi connectivity index (χ1n) is 9.36. The van der Waals surface area contributed by atoms with Crippen LogP contribution in [0.5, 0.6) is 0 Å². The third kappa shape index (κ3) is 3.85. The Hall–Kier alpha value is -2.90. The molecule has 0 aliphatic carbocycles. The van der Waals surface area contributed by atoms with Crippen LogP contribution in [0.3, 0.4) is 0 Å². The number of carbonyl (C=O) groups is 1. The number of fused-ring (bicyclic) bond motifs is 1.